The van der Waals surface area contributed by atoms with Gasteiger partial charge in [0, 0.05) is 5.39 Å². The zero-order valence-corrected chi connectivity index (χ0v) is 9.22. The zero-order valence-electron chi connectivity index (χ0n) is 9.22. The molecule has 2 heterocycles. The summed E-state index contributed by atoms with van der Waals surface area (Å²) < 4.78 is 5.01. The van der Waals surface area contributed by atoms with Crippen molar-refractivity contribution in [1.82, 2.24) is 10.3 Å². The number of amides is 1. The first-order valence-corrected chi connectivity index (χ1v) is 5.57. The van der Waals surface area contributed by atoms with Crippen molar-refractivity contribution in [3.05, 3.63) is 42.1 Å². The number of aromatic nitrogens is 1. The van der Waals surface area contributed by atoms with E-state index in [0.29, 0.717) is 18.9 Å². The number of fused-ring (bicyclic) bond motifs is 1. The maximum Gasteiger partial charge on any atom is 0.270 e. The van der Waals surface area contributed by atoms with Crippen LogP contribution in [0.2, 0.25) is 0 Å². The van der Waals surface area contributed by atoms with Gasteiger partial charge in [0.15, 0.2) is 0 Å². The van der Waals surface area contributed by atoms with Gasteiger partial charge in [-0.1, -0.05) is 24.3 Å². The number of ether oxygens (including phenoxy) is 1. The molecular formula is C13H12N2O2. The molecule has 0 radical (unpaired) electrons. The maximum absolute atomic E-state index is 11.9. The topological polar surface area (TPSA) is 51.2 Å². The molecule has 1 N–H and O–H groups in total. The van der Waals surface area contributed by atoms with Crippen LogP contribution in [0.3, 0.4) is 0 Å². The van der Waals surface area contributed by atoms with E-state index < -0.39 is 0 Å². The molecular weight excluding hydrogens is 216 g/mol. The van der Waals surface area contributed by atoms with Crippen molar-refractivity contribution in [2.75, 3.05) is 13.2 Å². The highest BCUT2D eigenvalue weighted by Gasteiger charge is 2.21. The van der Waals surface area contributed by atoms with Gasteiger partial charge in [-0.15, -0.1) is 0 Å². The monoisotopic (exact) mass is 228 g/mol. The molecule has 0 aliphatic carbocycles. The van der Waals surface area contributed by atoms with Crippen molar-refractivity contribution < 1.29 is 9.53 Å². The number of carbonyl (C=O) groups is 1. The normalized spacial score (nSPS) is 15.5. The Hall–Kier alpha value is -1.94. The molecule has 3 rings (SSSR count). The second-order valence-corrected chi connectivity index (χ2v) is 4.10. The van der Waals surface area contributed by atoms with Crippen molar-refractivity contribution in [3.8, 4) is 0 Å². The third kappa shape index (κ3) is 1.99. The van der Waals surface area contributed by atoms with E-state index in [1.165, 1.54) is 0 Å². The average molecular weight is 228 g/mol. The summed E-state index contributed by atoms with van der Waals surface area (Å²) in [4.78, 5) is 16.2. The van der Waals surface area contributed by atoms with Gasteiger partial charge in [0.1, 0.15) is 5.69 Å². The highest BCUT2D eigenvalue weighted by molar-refractivity contribution is 5.95. The van der Waals surface area contributed by atoms with E-state index in [2.05, 4.69) is 10.3 Å². The molecule has 0 atom stereocenters. The van der Waals surface area contributed by atoms with E-state index in [1.54, 1.807) is 6.07 Å². The Balaban J connectivity index is 1.86. The van der Waals surface area contributed by atoms with Crippen LogP contribution in [0.1, 0.15) is 10.5 Å². The van der Waals surface area contributed by atoms with E-state index in [9.17, 15) is 4.79 Å². The minimum Gasteiger partial charge on any atom is -0.377 e. The second-order valence-electron chi connectivity index (χ2n) is 4.10. The van der Waals surface area contributed by atoms with Gasteiger partial charge in [-0.25, -0.2) is 4.98 Å². The number of nitrogens with one attached hydrogen (secondary N) is 1. The molecule has 4 nitrogen and oxygen atoms in total. The molecule has 2 aromatic rings. The lowest BCUT2D eigenvalue weighted by molar-refractivity contribution is -0.00354. The number of pyridine rings is 1. The summed E-state index contributed by atoms with van der Waals surface area (Å²) in [6.45, 7) is 1.19. The fourth-order valence-electron chi connectivity index (χ4n) is 1.77. The van der Waals surface area contributed by atoms with Crippen molar-refractivity contribution >= 4 is 16.8 Å². The minimum atomic E-state index is -0.135. The largest absolute Gasteiger partial charge is 0.377 e. The van der Waals surface area contributed by atoms with Crippen LogP contribution < -0.4 is 5.32 Å². The Bertz CT molecular complexity index is 564. The first kappa shape index (κ1) is 10.2. The Labute approximate surface area is 98.6 Å². The number of hydrogen-bond donors (Lipinski definition) is 1. The summed E-state index contributed by atoms with van der Waals surface area (Å²) in [6.07, 6.45) is 0. The van der Waals surface area contributed by atoms with Gasteiger partial charge in [-0.05, 0) is 12.1 Å². The standard InChI is InChI=1S/C13H12N2O2/c16-13(14-10-7-17-8-10)12-6-5-9-3-1-2-4-11(9)15-12/h1-6,10H,7-8H2,(H,14,16). The summed E-state index contributed by atoms with van der Waals surface area (Å²) >= 11 is 0. The molecule has 0 saturated carbocycles. The van der Waals surface area contributed by atoms with E-state index in [0.717, 1.165) is 10.9 Å². The van der Waals surface area contributed by atoms with Crippen LogP contribution in [0.4, 0.5) is 0 Å². The molecule has 1 fully saturated rings. The number of carbonyl (C=O) groups excluding carboxylic acids is 1. The Morgan fingerprint density at radius 3 is 2.82 bits per heavy atom. The lowest BCUT2D eigenvalue weighted by Crippen LogP contribution is -2.48. The SMILES string of the molecule is O=C(NC1COC1)c1ccc2ccccc2n1. The van der Waals surface area contributed by atoms with Crippen molar-refractivity contribution in [2.45, 2.75) is 6.04 Å². The van der Waals surface area contributed by atoms with Crippen molar-refractivity contribution in [2.24, 2.45) is 0 Å². The Morgan fingerprint density at radius 2 is 2.06 bits per heavy atom. The average Bonchev–Trinajstić information content (AvgIpc) is 2.33. The molecule has 1 aromatic heterocycles. The predicted molar refractivity (Wildman–Crippen MR) is 63.8 cm³/mol. The molecule has 1 amide bonds. The third-order valence-electron chi connectivity index (χ3n) is 2.80. The quantitative estimate of drug-likeness (QED) is 0.844. The molecule has 0 spiro atoms. The van der Waals surface area contributed by atoms with Gasteiger partial charge in [0.2, 0.25) is 0 Å². The van der Waals surface area contributed by atoms with Gasteiger partial charge < -0.3 is 10.1 Å². The van der Waals surface area contributed by atoms with Crippen LogP contribution in [-0.2, 0) is 4.74 Å². The third-order valence-corrected chi connectivity index (χ3v) is 2.80. The van der Waals surface area contributed by atoms with Crippen LogP contribution in [0.25, 0.3) is 10.9 Å². The van der Waals surface area contributed by atoms with E-state index in [-0.39, 0.29) is 11.9 Å². The Morgan fingerprint density at radius 1 is 1.24 bits per heavy atom. The lowest BCUT2D eigenvalue weighted by atomic mass is 10.2. The highest BCUT2D eigenvalue weighted by Crippen LogP contribution is 2.12. The minimum absolute atomic E-state index is 0.135. The molecule has 86 valence electrons. The number of rotatable bonds is 2. The lowest BCUT2D eigenvalue weighted by Gasteiger charge is -2.26. The van der Waals surface area contributed by atoms with Gasteiger partial charge in [-0.3, -0.25) is 4.79 Å². The van der Waals surface area contributed by atoms with Gasteiger partial charge in [-0.2, -0.15) is 0 Å². The maximum atomic E-state index is 11.9. The van der Waals surface area contributed by atoms with E-state index in [1.807, 2.05) is 30.3 Å². The van der Waals surface area contributed by atoms with Crippen LogP contribution in [0.5, 0.6) is 0 Å². The number of nitrogens with zero attached hydrogens (tertiary/aromatic N) is 1. The molecule has 1 saturated heterocycles. The van der Waals surface area contributed by atoms with Crippen molar-refractivity contribution in [1.29, 1.82) is 0 Å². The smallest absolute Gasteiger partial charge is 0.270 e. The molecule has 1 aliphatic heterocycles. The first-order valence-electron chi connectivity index (χ1n) is 5.57. The zero-order chi connectivity index (χ0) is 11.7. The fraction of sp³-hybridized carbons (Fsp3) is 0.231. The molecule has 0 unspecified atom stereocenters. The van der Waals surface area contributed by atoms with E-state index in [4.69, 9.17) is 4.74 Å². The van der Waals surface area contributed by atoms with Gasteiger partial charge in [0.25, 0.3) is 5.91 Å². The molecule has 1 aromatic carbocycles. The number of para-hydroxylation sites is 1. The van der Waals surface area contributed by atoms with Crippen LogP contribution >= 0.6 is 0 Å². The van der Waals surface area contributed by atoms with E-state index >= 15 is 0 Å². The number of benzene rings is 1. The highest BCUT2D eigenvalue weighted by atomic mass is 16.5. The van der Waals surface area contributed by atoms with Gasteiger partial charge >= 0.3 is 0 Å². The van der Waals surface area contributed by atoms with Crippen LogP contribution in [0.15, 0.2) is 36.4 Å². The predicted octanol–water partition coefficient (Wildman–Crippen LogP) is 1.36. The van der Waals surface area contributed by atoms with Crippen molar-refractivity contribution in [3.63, 3.8) is 0 Å². The molecule has 4 heteroatoms. The Kier molecular flexibility index (Phi) is 2.49. The van der Waals surface area contributed by atoms with Crippen LogP contribution in [-0.4, -0.2) is 30.1 Å². The van der Waals surface area contributed by atoms with Crippen LogP contribution in [0, 0.1) is 0 Å². The fourth-order valence-corrected chi connectivity index (χ4v) is 1.77. The van der Waals surface area contributed by atoms with Gasteiger partial charge in [0.05, 0.1) is 24.8 Å². The summed E-state index contributed by atoms with van der Waals surface area (Å²) in [5.74, 6) is -0.135. The molecule has 1 aliphatic rings. The summed E-state index contributed by atoms with van der Waals surface area (Å²) in [7, 11) is 0. The molecule has 17 heavy (non-hydrogen) atoms. The summed E-state index contributed by atoms with van der Waals surface area (Å²) in [6, 6.07) is 11.5. The summed E-state index contributed by atoms with van der Waals surface area (Å²) in [5, 5.41) is 3.91. The first-order chi connectivity index (χ1) is 8.33. The second kappa shape index (κ2) is 4.14. The number of hydrogen-bond acceptors (Lipinski definition) is 3. The molecule has 0 bridgehead atoms. The summed E-state index contributed by atoms with van der Waals surface area (Å²) in [5.41, 5.74) is 1.29.